The summed E-state index contributed by atoms with van der Waals surface area (Å²) < 4.78 is 66.9. The Morgan fingerprint density at radius 2 is 0.580 bits per heavy atom. The Balaban J connectivity index is 5.08. The molecule has 0 saturated heterocycles. The summed E-state index contributed by atoms with van der Waals surface area (Å²) >= 11 is 0. The average molecular weight is 1030 g/mol. The summed E-state index contributed by atoms with van der Waals surface area (Å²) in [5.41, 5.74) is 0. The van der Waals surface area contributed by atoms with E-state index in [0.717, 1.165) is 109 Å². The SMILES string of the molecule is CCCCCCCCCCCCCCC(=O)OC[C@H](COP(=O)(O)OC[C@H](O)COP(=O)(O)OC[C@@H](COC(=O)CCCCCCC)OC(=O)CCCCCCCC)OC(=O)CCCCCCCC. The van der Waals surface area contributed by atoms with Crippen LogP contribution < -0.4 is 0 Å². The fourth-order valence-corrected chi connectivity index (χ4v) is 8.74. The van der Waals surface area contributed by atoms with Gasteiger partial charge < -0.3 is 33.8 Å². The first-order valence-electron chi connectivity index (χ1n) is 26.8. The first kappa shape index (κ1) is 67.1. The number of unbranched alkanes of at least 4 members (excludes halogenated alkanes) is 25. The third kappa shape index (κ3) is 45.7. The summed E-state index contributed by atoms with van der Waals surface area (Å²) in [6, 6.07) is 0. The molecule has 0 saturated carbocycles. The first-order chi connectivity index (χ1) is 33.2. The molecule has 19 heteroatoms. The maximum atomic E-state index is 12.8. The third-order valence-electron chi connectivity index (χ3n) is 11.4. The number of carbonyl (C=O) groups excluding carboxylic acids is 4. The van der Waals surface area contributed by atoms with E-state index in [0.29, 0.717) is 25.7 Å². The van der Waals surface area contributed by atoms with Gasteiger partial charge in [0.15, 0.2) is 12.2 Å². The topological polar surface area (TPSA) is 237 Å². The molecule has 2 unspecified atom stereocenters. The number of aliphatic hydroxyl groups is 1. The monoisotopic (exact) mass is 1030 g/mol. The number of aliphatic hydroxyl groups excluding tert-OH is 1. The van der Waals surface area contributed by atoms with Crippen molar-refractivity contribution in [2.45, 2.75) is 258 Å². The van der Waals surface area contributed by atoms with Crippen LogP contribution in [0.4, 0.5) is 0 Å². The number of rotatable bonds is 51. The van der Waals surface area contributed by atoms with E-state index in [9.17, 15) is 43.2 Å². The van der Waals surface area contributed by atoms with Gasteiger partial charge >= 0.3 is 39.5 Å². The maximum absolute atomic E-state index is 12.8. The molecule has 0 aliphatic heterocycles. The first-order valence-corrected chi connectivity index (χ1v) is 29.8. The van der Waals surface area contributed by atoms with Gasteiger partial charge in [-0.3, -0.25) is 37.3 Å². The summed E-state index contributed by atoms with van der Waals surface area (Å²) in [4.78, 5) is 70.9. The molecule has 0 aromatic heterocycles. The number of hydrogen-bond acceptors (Lipinski definition) is 15. The van der Waals surface area contributed by atoms with E-state index in [4.69, 9.17) is 37.0 Å². The molecule has 0 spiro atoms. The Labute approximate surface area is 416 Å². The molecule has 0 rings (SSSR count). The second-order valence-corrected chi connectivity index (χ2v) is 21.1. The quantitative estimate of drug-likeness (QED) is 0.0222. The molecule has 0 aliphatic carbocycles. The van der Waals surface area contributed by atoms with E-state index in [1.165, 1.54) is 51.4 Å². The Hall–Kier alpha value is -1.94. The Morgan fingerprint density at radius 3 is 0.855 bits per heavy atom. The van der Waals surface area contributed by atoms with E-state index >= 15 is 0 Å². The fraction of sp³-hybridized carbons (Fsp3) is 0.920. The van der Waals surface area contributed by atoms with Gasteiger partial charge in [-0.2, -0.15) is 0 Å². The highest BCUT2D eigenvalue weighted by molar-refractivity contribution is 7.47. The van der Waals surface area contributed by atoms with Crippen molar-refractivity contribution < 1.29 is 80.2 Å². The molecule has 0 heterocycles. The van der Waals surface area contributed by atoms with Gasteiger partial charge in [0.05, 0.1) is 26.4 Å². The van der Waals surface area contributed by atoms with Gasteiger partial charge in [-0.05, 0) is 25.7 Å². The minimum atomic E-state index is -4.92. The number of phosphoric ester groups is 2. The van der Waals surface area contributed by atoms with Crippen molar-refractivity contribution in [3.8, 4) is 0 Å². The van der Waals surface area contributed by atoms with Gasteiger partial charge in [-0.1, -0.05) is 188 Å². The molecule has 0 aromatic rings. The second-order valence-electron chi connectivity index (χ2n) is 18.2. The summed E-state index contributed by atoms with van der Waals surface area (Å²) in [6.45, 7) is 4.56. The number of esters is 4. The molecule has 408 valence electrons. The van der Waals surface area contributed by atoms with E-state index in [2.05, 4.69) is 27.7 Å². The van der Waals surface area contributed by atoms with Gasteiger partial charge in [-0.25, -0.2) is 9.13 Å². The Bertz CT molecular complexity index is 1370. The zero-order chi connectivity index (χ0) is 51.3. The fourth-order valence-electron chi connectivity index (χ4n) is 7.16. The molecule has 3 N–H and O–H groups in total. The zero-order valence-corrected chi connectivity index (χ0v) is 45.0. The minimum Gasteiger partial charge on any atom is -0.462 e. The highest BCUT2D eigenvalue weighted by Crippen LogP contribution is 2.45. The molecule has 0 aromatic carbocycles. The predicted molar refractivity (Wildman–Crippen MR) is 266 cm³/mol. The van der Waals surface area contributed by atoms with Crippen LogP contribution in [0.2, 0.25) is 0 Å². The molecular weight excluding hydrogens is 934 g/mol. The van der Waals surface area contributed by atoms with Crippen molar-refractivity contribution in [3.05, 3.63) is 0 Å². The standard InChI is InChI=1S/C50H96O17P2/c1-5-9-13-17-20-21-22-23-24-25-29-31-35-48(53)61-41-46(67-50(55)37-33-28-19-15-11-7-3)43-65-69(58,59)63-39-44(51)38-62-68(56,57)64-42-45(40-60-47(52)34-30-26-16-12-8-4)66-49(54)36-32-27-18-14-10-6-2/h44-46,51H,5-43H2,1-4H3,(H,56,57)(H,58,59)/t44-,45-,46-/m1/s1. The summed E-state index contributed by atoms with van der Waals surface area (Å²) in [7, 11) is -9.83. The number of ether oxygens (including phenoxy) is 4. The number of carbonyl (C=O) groups is 4. The predicted octanol–water partition coefficient (Wildman–Crippen LogP) is 12.5. The molecular formula is C50H96O17P2. The lowest BCUT2D eigenvalue weighted by atomic mass is 10.0. The molecule has 0 fully saturated rings. The van der Waals surface area contributed by atoms with Crippen LogP contribution >= 0.6 is 15.6 Å². The Morgan fingerprint density at radius 1 is 0.348 bits per heavy atom. The normalized spacial score (nSPS) is 14.6. The van der Waals surface area contributed by atoms with E-state index in [-0.39, 0.29) is 25.7 Å². The van der Waals surface area contributed by atoms with Gasteiger partial charge in [0, 0.05) is 25.7 Å². The average Bonchev–Trinajstić information content (AvgIpc) is 3.32. The molecule has 0 radical (unpaired) electrons. The van der Waals surface area contributed by atoms with Crippen molar-refractivity contribution >= 4 is 39.5 Å². The lowest BCUT2D eigenvalue weighted by Crippen LogP contribution is -2.30. The zero-order valence-electron chi connectivity index (χ0n) is 43.3. The smallest absolute Gasteiger partial charge is 0.462 e. The highest BCUT2D eigenvalue weighted by Gasteiger charge is 2.30. The van der Waals surface area contributed by atoms with E-state index in [1.54, 1.807) is 0 Å². The van der Waals surface area contributed by atoms with Gasteiger partial charge in [0.1, 0.15) is 19.3 Å². The van der Waals surface area contributed by atoms with Gasteiger partial charge in [-0.15, -0.1) is 0 Å². The van der Waals surface area contributed by atoms with E-state index in [1.807, 2.05) is 0 Å². The lowest BCUT2D eigenvalue weighted by molar-refractivity contribution is -0.161. The van der Waals surface area contributed by atoms with Crippen LogP contribution in [0.1, 0.15) is 240 Å². The number of hydrogen-bond donors (Lipinski definition) is 3. The van der Waals surface area contributed by atoms with Crippen LogP contribution in [0.25, 0.3) is 0 Å². The van der Waals surface area contributed by atoms with Crippen LogP contribution in [0, 0.1) is 0 Å². The van der Waals surface area contributed by atoms with Gasteiger partial charge in [0.25, 0.3) is 0 Å². The highest BCUT2D eigenvalue weighted by atomic mass is 31.2. The minimum absolute atomic E-state index is 0.101. The van der Waals surface area contributed by atoms with Crippen molar-refractivity contribution in [1.82, 2.24) is 0 Å². The van der Waals surface area contributed by atoms with E-state index < -0.39 is 97.5 Å². The van der Waals surface area contributed by atoms with Crippen LogP contribution in [-0.4, -0.2) is 96.7 Å². The second kappa shape index (κ2) is 45.9. The van der Waals surface area contributed by atoms with Crippen molar-refractivity contribution in [3.63, 3.8) is 0 Å². The van der Waals surface area contributed by atoms with Crippen molar-refractivity contribution in [2.24, 2.45) is 0 Å². The van der Waals surface area contributed by atoms with Crippen LogP contribution in [0.5, 0.6) is 0 Å². The van der Waals surface area contributed by atoms with Gasteiger partial charge in [0.2, 0.25) is 0 Å². The van der Waals surface area contributed by atoms with Crippen molar-refractivity contribution in [2.75, 3.05) is 39.6 Å². The van der Waals surface area contributed by atoms with Crippen LogP contribution in [0.15, 0.2) is 0 Å². The lowest BCUT2D eigenvalue weighted by Gasteiger charge is -2.21. The maximum Gasteiger partial charge on any atom is 0.472 e. The summed E-state index contributed by atoms with van der Waals surface area (Å²) in [5, 5.41) is 10.4. The molecule has 0 amide bonds. The van der Waals surface area contributed by atoms with Crippen LogP contribution in [0.3, 0.4) is 0 Å². The summed E-state index contributed by atoms with van der Waals surface area (Å²) in [6.07, 6.45) is 26.1. The Kier molecular flexibility index (Phi) is 44.6. The molecule has 5 atom stereocenters. The molecule has 0 aliphatic rings. The molecule has 17 nitrogen and oxygen atoms in total. The third-order valence-corrected chi connectivity index (χ3v) is 13.3. The van der Waals surface area contributed by atoms with Crippen LogP contribution in [-0.2, 0) is 65.4 Å². The largest absolute Gasteiger partial charge is 0.472 e. The molecule has 0 bridgehead atoms. The van der Waals surface area contributed by atoms with Crippen molar-refractivity contribution in [1.29, 1.82) is 0 Å². The molecule has 69 heavy (non-hydrogen) atoms. The number of phosphoric acid groups is 2. The summed E-state index contributed by atoms with van der Waals surface area (Å²) in [5.74, 6) is -2.18.